The van der Waals surface area contributed by atoms with Crippen LogP contribution in [0.3, 0.4) is 0 Å². The van der Waals surface area contributed by atoms with Crippen molar-refractivity contribution in [3.63, 3.8) is 0 Å². The highest BCUT2D eigenvalue weighted by Gasteiger charge is 2.29. The molecule has 1 aliphatic carbocycles. The Morgan fingerprint density at radius 3 is 3.00 bits per heavy atom. The number of halogens is 1. The number of fused-ring (bicyclic) bond motifs is 1. The molecule has 3 rings (SSSR count). The number of rotatable bonds is 4. The zero-order valence-electron chi connectivity index (χ0n) is 10.9. The summed E-state index contributed by atoms with van der Waals surface area (Å²) in [5.74, 6) is 2.17. The van der Waals surface area contributed by atoms with Gasteiger partial charge in [0.05, 0.1) is 4.47 Å². The fraction of sp³-hybridized carbons (Fsp3) is 0.333. The van der Waals surface area contributed by atoms with Crippen LogP contribution in [0.15, 0.2) is 34.9 Å². The molecule has 0 fully saturated rings. The quantitative estimate of drug-likeness (QED) is 0.933. The highest BCUT2D eigenvalue weighted by molar-refractivity contribution is 9.10. The second-order valence-electron chi connectivity index (χ2n) is 4.81. The SMILES string of the molecule is CCCNc1nc(C2Cc3ccccc32)ncc1Br. The predicted octanol–water partition coefficient (Wildman–Crippen LogP) is 3.75. The highest BCUT2D eigenvalue weighted by atomic mass is 79.9. The van der Waals surface area contributed by atoms with E-state index in [4.69, 9.17) is 0 Å². The van der Waals surface area contributed by atoms with E-state index in [9.17, 15) is 0 Å². The van der Waals surface area contributed by atoms with Crippen molar-refractivity contribution < 1.29 is 0 Å². The molecule has 1 atom stereocenters. The second-order valence-corrected chi connectivity index (χ2v) is 5.66. The zero-order chi connectivity index (χ0) is 13.2. The van der Waals surface area contributed by atoms with Crippen molar-refractivity contribution in [1.82, 2.24) is 9.97 Å². The number of nitrogens with zero attached hydrogens (tertiary/aromatic N) is 2. The van der Waals surface area contributed by atoms with Crippen LogP contribution in [-0.2, 0) is 6.42 Å². The van der Waals surface area contributed by atoms with Gasteiger partial charge >= 0.3 is 0 Å². The normalized spacial score (nSPS) is 16.6. The van der Waals surface area contributed by atoms with E-state index in [0.717, 1.165) is 35.5 Å². The largest absolute Gasteiger partial charge is 0.369 e. The van der Waals surface area contributed by atoms with Crippen LogP contribution >= 0.6 is 15.9 Å². The molecular formula is C15H16BrN3. The average Bonchev–Trinajstić information content (AvgIpc) is 2.40. The van der Waals surface area contributed by atoms with E-state index in [1.54, 1.807) is 0 Å². The van der Waals surface area contributed by atoms with Gasteiger partial charge in [-0.05, 0) is 39.9 Å². The molecule has 0 saturated carbocycles. The van der Waals surface area contributed by atoms with Crippen LogP contribution in [0.4, 0.5) is 5.82 Å². The number of aromatic nitrogens is 2. The first-order chi connectivity index (χ1) is 9.29. The monoisotopic (exact) mass is 317 g/mol. The van der Waals surface area contributed by atoms with Gasteiger partial charge in [0.25, 0.3) is 0 Å². The van der Waals surface area contributed by atoms with Gasteiger partial charge in [-0.2, -0.15) is 0 Å². The Morgan fingerprint density at radius 2 is 2.21 bits per heavy atom. The first-order valence-electron chi connectivity index (χ1n) is 6.63. The molecule has 2 aromatic rings. The van der Waals surface area contributed by atoms with Crippen LogP contribution in [0, 0.1) is 0 Å². The fourth-order valence-corrected chi connectivity index (χ4v) is 2.74. The minimum Gasteiger partial charge on any atom is -0.369 e. The summed E-state index contributed by atoms with van der Waals surface area (Å²) in [4.78, 5) is 9.13. The molecule has 1 unspecified atom stereocenters. The summed E-state index contributed by atoms with van der Waals surface area (Å²) in [6, 6.07) is 8.53. The van der Waals surface area contributed by atoms with Crippen LogP contribution in [-0.4, -0.2) is 16.5 Å². The van der Waals surface area contributed by atoms with Gasteiger partial charge in [0.2, 0.25) is 0 Å². The number of benzene rings is 1. The molecule has 19 heavy (non-hydrogen) atoms. The first-order valence-corrected chi connectivity index (χ1v) is 7.43. The van der Waals surface area contributed by atoms with Crippen molar-refractivity contribution in [2.24, 2.45) is 0 Å². The molecule has 0 amide bonds. The molecule has 1 aliphatic rings. The lowest BCUT2D eigenvalue weighted by Crippen LogP contribution is -2.21. The third-order valence-electron chi connectivity index (χ3n) is 3.47. The maximum atomic E-state index is 4.66. The number of hydrogen-bond acceptors (Lipinski definition) is 3. The van der Waals surface area contributed by atoms with E-state index in [2.05, 4.69) is 62.4 Å². The summed E-state index contributed by atoms with van der Waals surface area (Å²) in [7, 11) is 0. The van der Waals surface area contributed by atoms with E-state index >= 15 is 0 Å². The fourth-order valence-electron chi connectivity index (χ4n) is 2.41. The molecule has 3 nitrogen and oxygen atoms in total. The van der Waals surface area contributed by atoms with E-state index in [1.165, 1.54) is 11.1 Å². The summed E-state index contributed by atoms with van der Waals surface area (Å²) >= 11 is 3.49. The molecule has 98 valence electrons. The van der Waals surface area contributed by atoms with Crippen molar-refractivity contribution in [3.05, 3.63) is 51.9 Å². The molecule has 1 aromatic heterocycles. The van der Waals surface area contributed by atoms with Crippen molar-refractivity contribution in [2.75, 3.05) is 11.9 Å². The molecule has 0 saturated heterocycles. The van der Waals surface area contributed by atoms with Crippen molar-refractivity contribution in [3.8, 4) is 0 Å². The van der Waals surface area contributed by atoms with Crippen molar-refractivity contribution in [1.29, 1.82) is 0 Å². The maximum Gasteiger partial charge on any atom is 0.144 e. The number of nitrogens with one attached hydrogen (secondary N) is 1. The lowest BCUT2D eigenvalue weighted by atomic mass is 9.77. The van der Waals surface area contributed by atoms with E-state index < -0.39 is 0 Å². The van der Waals surface area contributed by atoms with Gasteiger partial charge in [0.1, 0.15) is 11.6 Å². The molecule has 1 aromatic carbocycles. The second kappa shape index (κ2) is 5.29. The lowest BCUT2D eigenvalue weighted by Gasteiger charge is -2.29. The molecule has 4 heteroatoms. The molecule has 1 N–H and O–H groups in total. The minimum absolute atomic E-state index is 0.353. The Morgan fingerprint density at radius 1 is 1.37 bits per heavy atom. The van der Waals surface area contributed by atoms with Gasteiger partial charge in [-0.1, -0.05) is 31.2 Å². The predicted molar refractivity (Wildman–Crippen MR) is 80.5 cm³/mol. The molecule has 0 aliphatic heterocycles. The Bertz CT molecular complexity index is 598. The van der Waals surface area contributed by atoms with Crippen LogP contribution in [0.5, 0.6) is 0 Å². The topological polar surface area (TPSA) is 37.8 Å². The minimum atomic E-state index is 0.353. The standard InChI is InChI=1S/C15H16BrN3/c1-2-7-17-15-13(16)9-18-14(19-15)12-8-10-5-3-4-6-11(10)12/h3-6,9,12H,2,7-8H2,1H3,(H,17,18,19). The van der Waals surface area contributed by atoms with Crippen LogP contribution in [0.25, 0.3) is 0 Å². The molecule has 0 spiro atoms. The van der Waals surface area contributed by atoms with Gasteiger partial charge in [0, 0.05) is 18.7 Å². The molecule has 0 radical (unpaired) electrons. The Labute approximate surface area is 121 Å². The smallest absolute Gasteiger partial charge is 0.144 e. The highest BCUT2D eigenvalue weighted by Crippen LogP contribution is 2.38. The summed E-state index contributed by atoms with van der Waals surface area (Å²) in [6.45, 7) is 3.07. The number of anilines is 1. The van der Waals surface area contributed by atoms with Gasteiger partial charge in [-0.25, -0.2) is 9.97 Å². The zero-order valence-corrected chi connectivity index (χ0v) is 12.4. The van der Waals surface area contributed by atoms with E-state index in [-0.39, 0.29) is 0 Å². The summed E-state index contributed by atoms with van der Waals surface area (Å²) in [6.07, 6.45) is 3.98. The Kier molecular flexibility index (Phi) is 3.51. The van der Waals surface area contributed by atoms with E-state index in [0.29, 0.717) is 5.92 Å². The van der Waals surface area contributed by atoms with Crippen molar-refractivity contribution >= 4 is 21.7 Å². The molecule has 0 bridgehead atoms. The Hall–Kier alpha value is -1.42. The summed E-state index contributed by atoms with van der Waals surface area (Å²) in [5, 5.41) is 3.33. The summed E-state index contributed by atoms with van der Waals surface area (Å²) in [5.41, 5.74) is 2.79. The molecular weight excluding hydrogens is 302 g/mol. The van der Waals surface area contributed by atoms with Gasteiger partial charge in [0.15, 0.2) is 0 Å². The number of hydrogen-bond donors (Lipinski definition) is 1. The van der Waals surface area contributed by atoms with Gasteiger partial charge < -0.3 is 5.32 Å². The van der Waals surface area contributed by atoms with Crippen molar-refractivity contribution in [2.45, 2.75) is 25.7 Å². The van der Waals surface area contributed by atoms with E-state index in [1.807, 2.05) is 6.20 Å². The van der Waals surface area contributed by atoms with Crippen LogP contribution in [0.1, 0.15) is 36.2 Å². The van der Waals surface area contributed by atoms with Crippen LogP contribution in [0.2, 0.25) is 0 Å². The third-order valence-corrected chi connectivity index (χ3v) is 4.05. The van der Waals surface area contributed by atoms with Crippen LogP contribution < -0.4 is 5.32 Å². The lowest BCUT2D eigenvalue weighted by molar-refractivity contribution is 0.659. The molecule has 1 heterocycles. The van der Waals surface area contributed by atoms with Gasteiger partial charge in [-0.15, -0.1) is 0 Å². The average molecular weight is 318 g/mol. The van der Waals surface area contributed by atoms with Gasteiger partial charge in [-0.3, -0.25) is 0 Å². The maximum absolute atomic E-state index is 4.66. The Balaban J connectivity index is 1.87. The first kappa shape index (κ1) is 12.6. The third kappa shape index (κ3) is 2.37. The summed E-state index contributed by atoms with van der Waals surface area (Å²) < 4.78 is 0.928.